The summed E-state index contributed by atoms with van der Waals surface area (Å²) in [5.74, 6) is 0.884. The molecule has 1 aromatic carbocycles. The molecule has 5 rings (SSSR count). The third kappa shape index (κ3) is 5.63. The van der Waals surface area contributed by atoms with Gasteiger partial charge in [0.05, 0.1) is 24.2 Å². The van der Waals surface area contributed by atoms with E-state index < -0.39 is 0 Å². The van der Waals surface area contributed by atoms with Crippen molar-refractivity contribution in [2.45, 2.75) is 70.1 Å². The molecule has 3 heterocycles. The molecule has 2 fully saturated rings. The molecule has 35 heavy (non-hydrogen) atoms. The first kappa shape index (κ1) is 23.3. The fourth-order valence-corrected chi connectivity index (χ4v) is 5.35. The van der Waals surface area contributed by atoms with E-state index >= 15 is 0 Å². The van der Waals surface area contributed by atoms with E-state index in [9.17, 15) is 4.79 Å². The van der Waals surface area contributed by atoms with Crippen molar-refractivity contribution in [3.63, 3.8) is 0 Å². The topological polar surface area (TPSA) is 79.4 Å². The molecule has 8 nitrogen and oxygen atoms in total. The number of pyridine rings is 1. The number of hydrogen-bond acceptors (Lipinski definition) is 5. The zero-order valence-electron chi connectivity index (χ0n) is 20.1. The Morgan fingerprint density at radius 1 is 1.03 bits per heavy atom. The second kappa shape index (κ2) is 10.9. The lowest BCUT2D eigenvalue weighted by Crippen LogP contribution is -2.42. The summed E-state index contributed by atoms with van der Waals surface area (Å²) in [5, 5.41) is 6.91. The van der Waals surface area contributed by atoms with Gasteiger partial charge in [0, 0.05) is 43.3 Å². The van der Waals surface area contributed by atoms with Gasteiger partial charge in [-0.1, -0.05) is 25.3 Å². The number of anilines is 1. The summed E-state index contributed by atoms with van der Waals surface area (Å²) in [4.78, 5) is 27.8. The zero-order chi connectivity index (χ0) is 24.0. The van der Waals surface area contributed by atoms with Crippen molar-refractivity contribution in [3.8, 4) is 0 Å². The Morgan fingerprint density at radius 3 is 2.54 bits per heavy atom. The lowest BCUT2D eigenvalue weighted by Gasteiger charge is -2.34. The highest BCUT2D eigenvalue weighted by molar-refractivity contribution is 5.83. The molecule has 1 aliphatic heterocycles. The van der Waals surface area contributed by atoms with Crippen LogP contribution in [0, 0.1) is 6.57 Å². The number of imidazole rings is 1. The average Bonchev–Trinajstić information content (AvgIpc) is 3.25. The van der Waals surface area contributed by atoms with E-state index in [1.807, 2.05) is 29.1 Å². The lowest BCUT2D eigenvalue weighted by molar-refractivity contribution is -0.122. The minimum absolute atomic E-state index is 0.0392. The van der Waals surface area contributed by atoms with Gasteiger partial charge in [0.25, 0.3) is 0 Å². The van der Waals surface area contributed by atoms with Crippen LogP contribution in [0.15, 0.2) is 42.7 Å². The zero-order valence-corrected chi connectivity index (χ0v) is 20.1. The monoisotopic (exact) mass is 471 g/mol. The van der Waals surface area contributed by atoms with Gasteiger partial charge in [-0.3, -0.25) is 9.78 Å². The summed E-state index contributed by atoms with van der Waals surface area (Å²) >= 11 is 0. The number of amides is 1. The molecule has 182 valence electrons. The van der Waals surface area contributed by atoms with Gasteiger partial charge in [-0.25, -0.2) is 9.83 Å². The normalized spacial score (nSPS) is 17.4. The fraction of sp³-hybridized carbons (Fsp3) is 0.481. The van der Waals surface area contributed by atoms with Crippen LogP contribution in [0.4, 0.5) is 11.4 Å². The summed E-state index contributed by atoms with van der Waals surface area (Å²) in [6.45, 7) is 10.2. The molecule has 1 amide bonds. The van der Waals surface area contributed by atoms with Crippen LogP contribution < -0.4 is 15.5 Å². The van der Waals surface area contributed by atoms with Gasteiger partial charge in [0.15, 0.2) is 5.69 Å². The van der Waals surface area contributed by atoms with Crippen LogP contribution in [0.2, 0.25) is 0 Å². The Labute approximate surface area is 206 Å². The number of hydrogen-bond donors (Lipinski definition) is 2. The average molecular weight is 472 g/mol. The van der Waals surface area contributed by atoms with E-state index in [2.05, 4.69) is 37.5 Å². The molecule has 1 saturated heterocycles. The van der Waals surface area contributed by atoms with Gasteiger partial charge in [-0.05, 0) is 49.9 Å². The highest BCUT2D eigenvalue weighted by atomic mass is 16.2. The molecule has 0 atom stereocenters. The molecular weight excluding hydrogens is 438 g/mol. The van der Waals surface area contributed by atoms with Crippen molar-refractivity contribution < 1.29 is 4.79 Å². The minimum Gasteiger partial charge on any atom is -0.371 e. The van der Waals surface area contributed by atoms with Crippen LogP contribution >= 0.6 is 0 Å². The predicted molar refractivity (Wildman–Crippen MR) is 137 cm³/mol. The van der Waals surface area contributed by atoms with E-state index in [0.717, 1.165) is 55.6 Å². The van der Waals surface area contributed by atoms with Crippen LogP contribution in [0.1, 0.15) is 50.8 Å². The van der Waals surface area contributed by atoms with Crippen LogP contribution in [0.5, 0.6) is 0 Å². The Hall–Kier alpha value is -3.44. The second-order valence-electron chi connectivity index (χ2n) is 9.65. The van der Waals surface area contributed by atoms with Crippen molar-refractivity contribution in [3.05, 3.63) is 60.0 Å². The third-order valence-electron chi connectivity index (χ3n) is 7.28. The summed E-state index contributed by atoms with van der Waals surface area (Å²) in [5.41, 5.74) is 3.46. The number of benzene rings is 1. The highest BCUT2D eigenvalue weighted by Crippen LogP contribution is 2.24. The summed E-state index contributed by atoms with van der Waals surface area (Å²) < 4.78 is 2.01. The number of rotatable bonds is 7. The maximum Gasteiger partial charge on any atom is 0.240 e. The van der Waals surface area contributed by atoms with Crippen molar-refractivity contribution in [1.82, 2.24) is 25.2 Å². The van der Waals surface area contributed by atoms with Crippen molar-refractivity contribution >= 4 is 28.3 Å². The molecule has 1 saturated carbocycles. The third-order valence-corrected chi connectivity index (χ3v) is 7.28. The Bertz CT molecular complexity index is 1190. The van der Waals surface area contributed by atoms with Gasteiger partial charge < -0.3 is 20.1 Å². The Morgan fingerprint density at radius 2 is 1.80 bits per heavy atom. The number of nitrogens with zero attached hydrogens (tertiary/aromatic N) is 5. The van der Waals surface area contributed by atoms with Crippen molar-refractivity contribution in [1.29, 1.82) is 0 Å². The molecular formula is C27H33N7O. The van der Waals surface area contributed by atoms with Crippen LogP contribution in [0.25, 0.3) is 15.9 Å². The molecule has 2 aliphatic rings. The Balaban J connectivity index is 1.26. The predicted octanol–water partition coefficient (Wildman–Crippen LogP) is 4.19. The van der Waals surface area contributed by atoms with Crippen LogP contribution in [0.3, 0.4) is 0 Å². The quantitative estimate of drug-likeness (QED) is 0.505. The van der Waals surface area contributed by atoms with E-state index in [1.54, 1.807) is 6.07 Å². The first-order valence-corrected chi connectivity index (χ1v) is 12.7. The molecule has 3 aromatic rings. The number of aromatic nitrogens is 3. The van der Waals surface area contributed by atoms with Gasteiger partial charge in [-0.2, -0.15) is 0 Å². The van der Waals surface area contributed by atoms with Crippen LogP contribution in [-0.4, -0.2) is 45.6 Å². The van der Waals surface area contributed by atoms with Crippen LogP contribution in [-0.2, 0) is 17.9 Å². The maximum absolute atomic E-state index is 12.9. The molecule has 0 bridgehead atoms. The van der Waals surface area contributed by atoms with Gasteiger partial charge in [0.2, 0.25) is 5.91 Å². The molecule has 0 unspecified atom stereocenters. The summed E-state index contributed by atoms with van der Waals surface area (Å²) in [6, 6.07) is 10.3. The lowest BCUT2D eigenvalue weighted by atomic mass is 9.95. The van der Waals surface area contributed by atoms with E-state index in [1.165, 1.54) is 24.9 Å². The smallest absolute Gasteiger partial charge is 0.240 e. The van der Waals surface area contributed by atoms with Gasteiger partial charge in [-0.15, -0.1) is 0 Å². The fourth-order valence-electron chi connectivity index (χ4n) is 5.35. The molecule has 1 aliphatic carbocycles. The van der Waals surface area contributed by atoms with E-state index in [4.69, 9.17) is 11.6 Å². The van der Waals surface area contributed by atoms with Gasteiger partial charge >= 0.3 is 0 Å². The minimum atomic E-state index is 0.0392. The first-order valence-electron chi connectivity index (χ1n) is 12.7. The van der Waals surface area contributed by atoms with Crippen molar-refractivity contribution in [2.24, 2.45) is 0 Å². The number of nitrogens with one attached hydrogen (secondary N) is 2. The maximum atomic E-state index is 12.9. The summed E-state index contributed by atoms with van der Waals surface area (Å²) in [7, 11) is 0. The number of carbonyl (C=O) groups excluding carboxylic acids is 1. The SMILES string of the molecule is [C-]#[N+]c1ccc2c(c1)nc(CNC1CCN(c3ccncc3)CC1)n2CC(=O)NC1CCCCC1. The first-order chi connectivity index (χ1) is 17.2. The molecule has 0 radical (unpaired) electrons. The highest BCUT2D eigenvalue weighted by Gasteiger charge is 2.22. The number of fused-ring (bicyclic) bond motifs is 1. The number of carbonyl (C=O) groups is 1. The van der Waals surface area contributed by atoms with Gasteiger partial charge in [0.1, 0.15) is 12.4 Å². The standard InChI is InChI=1S/C27H33N7O/c1-28-22-7-8-25-24(17-22)32-26(34(25)19-27(35)31-21-5-3-2-4-6-21)18-30-20-11-15-33(16-12-20)23-9-13-29-14-10-23/h7-10,13-14,17,20-21,30H,2-6,11-12,15-16,18-19H2,(H,31,35). The molecule has 2 N–H and O–H groups in total. The number of piperidine rings is 1. The summed E-state index contributed by atoms with van der Waals surface area (Å²) in [6.07, 6.45) is 11.6. The Kier molecular flexibility index (Phi) is 7.24. The molecule has 2 aromatic heterocycles. The van der Waals surface area contributed by atoms with E-state index in [0.29, 0.717) is 18.3 Å². The largest absolute Gasteiger partial charge is 0.371 e. The second-order valence-corrected chi connectivity index (χ2v) is 9.65. The van der Waals surface area contributed by atoms with Crippen molar-refractivity contribution in [2.75, 3.05) is 18.0 Å². The van der Waals surface area contributed by atoms with E-state index in [-0.39, 0.29) is 18.5 Å². The molecule has 8 heteroatoms. The molecule has 0 spiro atoms.